The molecule has 0 aliphatic rings. The molecule has 0 aliphatic heterocycles. The normalized spacial score (nSPS) is 14.1. The fraction of sp³-hybridized carbons (Fsp3) is 0.429. The first-order valence-electron chi connectivity index (χ1n) is 7.33. The van der Waals surface area contributed by atoms with Crippen LogP contribution in [0.25, 0.3) is 0 Å². The summed E-state index contributed by atoms with van der Waals surface area (Å²) in [6.07, 6.45) is -14.0. The number of carbonyl (C=O) groups is 2. The topological polar surface area (TPSA) is 72.8 Å². The zero-order valence-corrected chi connectivity index (χ0v) is 14.6. The molecule has 0 aliphatic carbocycles. The van der Waals surface area contributed by atoms with E-state index in [1.165, 1.54) is 0 Å². The second-order valence-electron chi connectivity index (χ2n) is 5.73. The van der Waals surface area contributed by atoms with Crippen LogP contribution in [0.5, 0.6) is 17.2 Å². The Kier molecular flexibility index (Phi) is 6.86. The maximum absolute atomic E-state index is 13.2. The fourth-order valence-corrected chi connectivity index (χ4v) is 1.63. The summed E-state index contributed by atoms with van der Waals surface area (Å²) < 4.78 is 183. The van der Waals surface area contributed by atoms with Crippen LogP contribution in [0.3, 0.4) is 0 Å². The Balaban J connectivity index is 3.23. The predicted octanol–water partition coefficient (Wildman–Crippen LogP) is 4.87. The van der Waals surface area contributed by atoms with Gasteiger partial charge in [0.05, 0.1) is 0 Å². The molecule has 0 saturated carbocycles. The van der Waals surface area contributed by atoms with Gasteiger partial charge < -0.3 is 14.6 Å². The van der Waals surface area contributed by atoms with E-state index in [2.05, 4.69) is 9.47 Å². The molecule has 0 atom stereocenters. The van der Waals surface area contributed by atoms with E-state index >= 15 is 0 Å². The van der Waals surface area contributed by atoms with Crippen LogP contribution in [0.15, 0.2) is 18.2 Å². The molecule has 0 saturated heterocycles. The number of esters is 2. The minimum absolute atomic E-state index is 0.0283. The van der Waals surface area contributed by atoms with Crippen LogP contribution in [0.1, 0.15) is 0 Å². The van der Waals surface area contributed by atoms with Crippen molar-refractivity contribution in [3.05, 3.63) is 18.2 Å². The summed E-state index contributed by atoms with van der Waals surface area (Å²) in [4.78, 5) is 22.2. The Morgan fingerprint density at radius 2 is 0.848 bits per heavy atom. The molecule has 0 fully saturated rings. The van der Waals surface area contributed by atoms with E-state index in [0.29, 0.717) is 0 Å². The van der Waals surface area contributed by atoms with Crippen molar-refractivity contribution in [3.8, 4) is 17.2 Å². The summed E-state index contributed by atoms with van der Waals surface area (Å²) >= 11 is 0. The summed E-state index contributed by atoms with van der Waals surface area (Å²) in [6.45, 7) is 0. The Hall–Kier alpha value is -3.02. The zero-order valence-electron chi connectivity index (χ0n) is 14.6. The van der Waals surface area contributed by atoms with Gasteiger partial charge in [0.2, 0.25) is 0 Å². The Morgan fingerprint density at radius 1 is 0.576 bits per heavy atom. The highest BCUT2D eigenvalue weighted by Gasteiger charge is 2.78. The number of aromatic hydroxyl groups is 1. The van der Waals surface area contributed by atoms with E-state index in [0.717, 1.165) is 0 Å². The molecule has 0 unspecified atom stereocenters. The van der Waals surface area contributed by atoms with Crippen molar-refractivity contribution >= 4 is 11.9 Å². The quantitative estimate of drug-likeness (QED) is 0.331. The largest absolute Gasteiger partial charge is 0.508 e. The highest BCUT2D eigenvalue weighted by atomic mass is 19.4. The van der Waals surface area contributed by atoms with Crippen LogP contribution < -0.4 is 9.47 Å². The van der Waals surface area contributed by atoms with Gasteiger partial charge in [-0.15, -0.1) is 0 Å². The number of rotatable bonds is 6. The van der Waals surface area contributed by atoms with Gasteiger partial charge in [0.1, 0.15) is 17.2 Å². The number of hydrogen-bond acceptors (Lipinski definition) is 5. The molecule has 5 nitrogen and oxygen atoms in total. The molecule has 19 heteroatoms. The summed E-state index contributed by atoms with van der Waals surface area (Å²) in [6, 6.07) is -0.307. The SMILES string of the molecule is O=C(Oc1cc(O)cc(OC(=O)C(F)(F)C(F)(F)C(F)(F)F)c1)C(F)(F)C(F)(F)C(F)(F)F. The monoisotopic (exact) mass is 518 g/mol. The lowest BCUT2D eigenvalue weighted by atomic mass is 10.1. The molecule has 1 N–H and O–H groups in total. The van der Waals surface area contributed by atoms with Gasteiger partial charge in [0, 0.05) is 18.2 Å². The second-order valence-corrected chi connectivity index (χ2v) is 5.73. The summed E-state index contributed by atoms with van der Waals surface area (Å²) in [7, 11) is 0. The zero-order chi connectivity index (χ0) is 26.4. The number of phenols is 1. The number of alkyl halides is 14. The van der Waals surface area contributed by atoms with Crippen LogP contribution in [0.4, 0.5) is 61.5 Å². The van der Waals surface area contributed by atoms with E-state index in [1.807, 2.05) is 0 Å². The van der Waals surface area contributed by atoms with Crippen LogP contribution in [-0.4, -0.2) is 53.1 Å². The third kappa shape index (κ3) is 5.00. The molecule has 0 spiro atoms. The van der Waals surface area contributed by atoms with Gasteiger partial charge in [-0.3, -0.25) is 0 Å². The van der Waals surface area contributed by atoms with Crippen molar-refractivity contribution in [1.29, 1.82) is 0 Å². The van der Waals surface area contributed by atoms with Crippen molar-refractivity contribution in [2.75, 3.05) is 0 Å². The van der Waals surface area contributed by atoms with Gasteiger partial charge in [0.25, 0.3) is 0 Å². The van der Waals surface area contributed by atoms with Crippen molar-refractivity contribution in [3.63, 3.8) is 0 Å². The first-order valence-corrected chi connectivity index (χ1v) is 7.33. The molecule has 188 valence electrons. The molecule has 0 bridgehead atoms. The number of carbonyl (C=O) groups excluding carboxylic acids is 2. The van der Waals surface area contributed by atoms with Crippen LogP contribution in [0, 0.1) is 0 Å². The maximum atomic E-state index is 13.2. The minimum Gasteiger partial charge on any atom is -0.508 e. The molecule has 0 radical (unpaired) electrons. The van der Waals surface area contributed by atoms with Gasteiger partial charge in [-0.05, 0) is 0 Å². The Labute approximate surface area is 170 Å². The van der Waals surface area contributed by atoms with Crippen LogP contribution in [-0.2, 0) is 9.59 Å². The Bertz CT molecular complexity index is 848. The smallest absolute Gasteiger partial charge is 0.460 e. The first-order chi connectivity index (χ1) is 14.4. The van der Waals surface area contributed by atoms with Gasteiger partial charge >= 0.3 is 48.0 Å². The van der Waals surface area contributed by atoms with E-state index < -0.39 is 65.2 Å². The number of ether oxygens (including phenoxy) is 2. The lowest BCUT2D eigenvalue weighted by molar-refractivity contribution is -0.346. The average Bonchev–Trinajstić information content (AvgIpc) is 2.58. The van der Waals surface area contributed by atoms with E-state index in [9.17, 15) is 76.2 Å². The highest BCUT2D eigenvalue weighted by molar-refractivity contribution is 5.83. The molecular weight excluding hydrogens is 514 g/mol. The third-order valence-corrected chi connectivity index (χ3v) is 3.30. The molecule has 33 heavy (non-hydrogen) atoms. The summed E-state index contributed by atoms with van der Waals surface area (Å²) in [5.74, 6) is -39.4. The number of phenolic OH excluding ortho intramolecular Hbond substituents is 1. The molecule has 1 aromatic rings. The molecule has 1 aromatic carbocycles. The predicted molar refractivity (Wildman–Crippen MR) is 71.3 cm³/mol. The summed E-state index contributed by atoms with van der Waals surface area (Å²) in [5.41, 5.74) is 0. The number of benzene rings is 1. The first kappa shape index (κ1) is 28.0. The lowest BCUT2D eigenvalue weighted by Crippen LogP contribution is -2.57. The van der Waals surface area contributed by atoms with Gasteiger partial charge in [0.15, 0.2) is 0 Å². The highest BCUT2D eigenvalue weighted by Crippen LogP contribution is 2.48. The lowest BCUT2D eigenvalue weighted by Gasteiger charge is -2.26. The molecule has 0 heterocycles. The van der Waals surface area contributed by atoms with Gasteiger partial charge in [-0.25, -0.2) is 9.59 Å². The number of halogens is 14. The van der Waals surface area contributed by atoms with Gasteiger partial charge in [-0.1, -0.05) is 0 Å². The van der Waals surface area contributed by atoms with E-state index in [-0.39, 0.29) is 18.2 Å². The molecule has 0 amide bonds. The number of hydrogen-bond donors (Lipinski definition) is 1. The summed E-state index contributed by atoms with van der Waals surface area (Å²) in [5, 5.41) is 9.19. The Morgan fingerprint density at radius 3 is 1.09 bits per heavy atom. The van der Waals surface area contributed by atoms with E-state index in [4.69, 9.17) is 0 Å². The fourth-order valence-electron chi connectivity index (χ4n) is 1.63. The third-order valence-electron chi connectivity index (χ3n) is 3.30. The van der Waals surface area contributed by atoms with Crippen LogP contribution in [0.2, 0.25) is 0 Å². The van der Waals surface area contributed by atoms with Crippen LogP contribution >= 0.6 is 0 Å². The molecule has 1 rings (SSSR count). The van der Waals surface area contributed by atoms with E-state index in [1.54, 1.807) is 0 Å². The molecule has 0 aromatic heterocycles. The van der Waals surface area contributed by atoms with Crippen molar-refractivity contribution in [1.82, 2.24) is 0 Å². The van der Waals surface area contributed by atoms with Crippen molar-refractivity contribution in [2.24, 2.45) is 0 Å². The second kappa shape index (κ2) is 8.08. The molecular formula is C14H4F14O5. The van der Waals surface area contributed by atoms with Crippen molar-refractivity contribution < 1.29 is 85.6 Å². The standard InChI is InChI=1S/C14H4F14O5/c15-9(16,11(19,20)13(23,24)25)7(30)32-5-1-4(29)2-6(3-5)33-8(31)10(17,18)12(21,22)14(26,27)28/h1-3,29H. The minimum atomic E-state index is -7.01. The average molecular weight is 518 g/mol. The van der Waals surface area contributed by atoms with Gasteiger partial charge in [-0.2, -0.15) is 61.5 Å². The van der Waals surface area contributed by atoms with Crippen molar-refractivity contribution in [2.45, 2.75) is 36.0 Å². The maximum Gasteiger partial charge on any atom is 0.460 e.